The summed E-state index contributed by atoms with van der Waals surface area (Å²) in [6.07, 6.45) is 2.56. The summed E-state index contributed by atoms with van der Waals surface area (Å²) < 4.78 is 0. The van der Waals surface area contributed by atoms with E-state index in [-0.39, 0.29) is 0 Å². The van der Waals surface area contributed by atoms with Crippen LogP contribution in [0.15, 0.2) is 12.1 Å². The molecule has 1 aliphatic heterocycles. The summed E-state index contributed by atoms with van der Waals surface area (Å²) in [5.74, 6) is 1.02. The van der Waals surface area contributed by atoms with Crippen LogP contribution in [0.3, 0.4) is 0 Å². The van der Waals surface area contributed by atoms with E-state index >= 15 is 0 Å². The third kappa shape index (κ3) is 2.65. The highest BCUT2D eigenvalue weighted by Gasteiger charge is 2.13. The minimum Gasteiger partial charge on any atom is -0.355 e. The van der Waals surface area contributed by atoms with Crippen molar-refractivity contribution in [3.8, 4) is 0 Å². The Morgan fingerprint density at radius 2 is 2.07 bits per heavy atom. The zero-order valence-electron chi connectivity index (χ0n) is 9.24. The van der Waals surface area contributed by atoms with Crippen LogP contribution in [0.5, 0.6) is 0 Å². The molecule has 1 N–H and O–H groups in total. The Balaban J connectivity index is 1.96. The first-order valence-electron chi connectivity index (χ1n) is 5.68. The summed E-state index contributed by atoms with van der Waals surface area (Å²) in [5, 5.41) is 11.7. The molecule has 2 heterocycles. The highest BCUT2D eigenvalue weighted by atomic mass is 15.3. The fourth-order valence-electron chi connectivity index (χ4n) is 1.82. The topological polar surface area (TPSA) is 41.0 Å². The van der Waals surface area contributed by atoms with Crippen LogP contribution < -0.4 is 10.2 Å². The van der Waals surface area contributed by atoms with Gasteiger partial charge in [0.1, 0.15) is 0 Å². The number of aromatic nitrogens is 2. The molecule has 0 unspecified atom stereocenters. The lowest BCUT2D eigenvalue weighted by molar-refractivity contribution is 0.697. The predicted octanol–water partition coefficient (Wildman–Crippen LogP) is 1.19. The maximum atomic E-state index is 4.25. The van der Waals surface area contributed by atoms with Crippen molar-refractivity contribution in [1.82, 2.24) is 15.5 Å². The predicted molar refractivity (Wildman–Crippen MR) is 60.9 cm³/mol. The van der Waals surface area contributed by atoms with Crippen LogP contribution in [0, 0.1) is 0 Å². The zero-order chi connectivity index (χ0) is 10.5. The number of hydrogen-bond donors (Lipinski definition) is 1. The molecule has 0 atom stereocenters. The minimum atomic E-state index is 0.809. The van der Waals surface area contributed by atoms with E-state index < -0.39 is 0 Å². The Morgan fingerprint density at radius 3 is 2.67 bits per heavy atom. The highest BCUT2D eigenvalue weighted by Crippen LogP contribution is 2.16. The molecule has 1 aliphatic rings. The monoisotopic (exact) mass is 206 g/mol. The first kappa shape index (κ1) is 10.4. The number of nitrogens with one attached hydrogen (secondary N) is 1. The maximum absolute atomic E-state index is 4.25. The van der Waals surface area contributed by atoms with Crippen LogP contribution in [-0.4, -0.2) is 29.8 Å². The Bertz CT molecular complexity index is 290. The van der Waals surface area contributed by atoms with Crippen molar-refractivity contribution in [3.63, 3.8) is 0 Å². The molecule has 0 bridgehead atoms. The number of hydrogen-bond acceptors (Lipinski definition) is 4. The van der Waals surface area contributed by atoms with Gasteiger partial charge in [-0.25, -0.2) is 0 Å². The van der Waals surface area contributed by atoms with Gasteiger partial charge in [-0.15, -0.1) is 5.10 Å². The molecule has 1 aromatic heterocycles. The molecular weight excluding hydrogens is 188 g/mol. The molecule has 1 saturated heterocycles. The lowest BCUT2D eigenvalue weighted by Crippen LogP contribution is -2.20. The van der Waals surface area contributed by atoms with Crippen molar-refractivity contribution in [3.05, 3.63) is 17.8 Å². The standard InChI is InChI=1S/C11H18N4/c1-2-12-9-10-5-6-11(14-13-10)15-7-3-4-8-15/h5-6,12H,2-4,7-9H2,1H3. The van der Waals surface area contributed by atoms with E-state index in [9.17, 15) is 0 Å². The fraction of sp³-hybridized carbons (Fsp3) is 0.636. The maximum Gasteiger partial charge on any atom is 0.151 e. The Morgan fingerprint density at radius 1 is 1.27 bits per heavy atom. The van der Waals surface area contributed by atoms with Crippen LogP contribution in [0.4, 0.5) is 5.82 Å². The molecular formula is C11H18N4. The molecule has 0 aliphatic carbocycles. The molecule has 1 fully saturated rings. The van der Waals surface area contributed by atoms with Gasteiger partial charge in [0.2, 0.25) is 0 Å². The SMILES string of the molecule is CCNCc1ccc(N2CCCC2)nn1. The second kappa shape index (κ2) is 5.07. The lowest BCUT2D eigenvalue weighted by Gasteiger charge is -2.15. The number of nitrogens with zero attached hydrogens (tertiary/aromatic N) is 3. The molecule has 1 aromatic rings. The van der Waals surface area contributed by atoms with E-state index in [2.05, 4.69) is 39.5 Å². The van der Waals surface area contributed by atoms with Crippen LogP contribution >= 0.6 is 0 Å². The van der Waals surface area contributed by atoms with Crippen molar-refractivity contribution in [2.45, 2.75) is 26.3 Å². The molecule has 0 amide bonds. The first-order valence-corrected chi connectivity index (χ1v) is 5.68. The van der Waals surface area contributed by atoms with Crippen LogP contribution in [0.2, 0.25) is 0 Å². The van der Waals surface area contributed by atoms with E-state index in [1.165, 1.54) is 12.8 Å². The molecule has 4 nitrogen and oxygen atoms in total. The Hall–Kier alpha value is -1.16. The summed E-state index contributed by atoms with van der Waals surface area (Å²) in [6.45, 7) is 6.12. The molecule has 0 saturated carbocycles. The summed E-state index contributed by atoms with van der Waals surface area (Å²) in [6, 6.07) is 4.13. The van der Waals surface area contributed by atoms with Crippen molar-refractivity contribution in [2.24, 2.45) is 0 Å². The average molecular weight is 206 g/mol. The largest absolute Gasteiger partial charge is 0.355 e. The molecule has 0 spiro atoms. The molecule has 82 valence electrons. The first-order chi connectivity index (χ1) is 7.40. The van der Waals surface area contributed by atoms with Gasteiger partial charge in [-0.3, -0.25) is 0 Å². The van der Waals surface area contributed by atoms with Gasteiger partial charge in [-0.05, 0) is 31.5 Å². The molecule has 15 heavy (non-hydrogen) atoms. The van der Waals surface area contributed by atoms with Gasteiger partial charge >= 0.3 is 0 Å². The van der Waals surface area contributed by atoms with Gasteiger partial charge < -0.3 is 10.2 Å². The van der Waals surface area contributed by atoms with Gasteiger partial charge in [0.25, 0.3) is 0 Å². The second-order valence-corrected chi connectivity index (χ2v) is 3.86. The van der Waals surface area contributed by atoms with Gasteiger partial charge in [-0.1, -0.05) is 6.92 Å². The van der Waals surface area contributed by atoms with E-state index in [4.69, 9.17) is 0 Å². The third-order valence-electron chi connectivity index (χ3n) is 2.69. The highest BCUT2D eigenvalue weighted by molar-refractivity contribution is 5.38. The van der Waals surface area contributed by atoms with Gasteiger partial charge in [0, 0.05) is 19.6 Å². The van der Waals surface area contributed by atoms with Crippen molar-refractivity contribution in [2.75, 3.05) is 24.5 Å². The summed E-state index contributed by atoms with van der Waals surface area (Å²) in [5.41, 5.74) is 1.01. The van der Waals surface area contributed by atoms with Crippen molar-refractivity contribution in [1.29, 1.82) is 0 Å². The van der Waals surface area contributed by atoms with Gasteiger partial charge in [0.05, 0.1) is 5.69 Å². The van der Waals surface area contributed by atoms with E-state index in [0.717, 1.165) is 37.7 Å². The molecule has 0 aromatic carbocycles. The molecule has 4 heteroatoms. The summed E-state index contributed by atoms with van der Waals surface area (Å²) in [4.78, 5) is 2.30. The Kier molecular flexibility index (Phi) is 3.50. The Labute approximate surface area is 90.7 Å². The number of rotatable bonds is 4. The zero-order valence-corrected chi connectivity index (χ0v) is 9.24. The van der Waals surface area contributed by atoms with E-state index in [1.807, 2.05) is 0 Å². The summed E-state index contributed by atoms with van der Waals surface area (Å²) >= 11 is 0. The normalized spacial score (nSPS) is 15.9. The van der Waals surface area contributed by atoms with Gasteiger partial charge in [0.15, 0.2) is 5.82 Å². The summed E-state index contributed by atoms with van der Waals surface area (Å²) in [7, 11) is 0. The molecule has 2 rings (SSSR count). The van der Waals surface area contributed by atoms with E-state index in [0.29, 0.717) is 0 Å². The van der Waals surface area contributed by atoms with Crippen molar-refractivity contribution >= 4 is 5.82 Å². The second-order valence-electron chi connectivity index (χ2n) is 3.86. The quantitative estimate of drug-likeness (QED) is 0.803. The molecule has 0 radical (unpaired) electrons. The lowest BCUT2D eigenvalue weighted by atomic mass is 10.3. The van der Waals surface area contributed by atoms with Crippen molar-refractivity contribution < 1.29 is 0 Å². The van der Waals surface area contributed by atoms with E-state index in [1.54, 1.807) is 0 Å². The average Bonchev–Trinajstić information content (AvgIpc) is 2.80. The third-order valence-corrected chi connectivity index (χ3v) is 2.69. The van der Waals surface area contributed by atoms with Crippen LogP contribution in [-0.2, 0) is 6.54 Å². The smallest absolute Gasteiger partial charge is 0.151 e. The number of anilines is 1. The van der Waals surface area contributed by atoms with Crippen LogP contribution in [0.1, 0.15) is 25.5 Å². The van der Waals surface area contributed by atoms with Gasteiger partial charge in [-0.2, -0.15) is 5.10 Å². The van der Waals surface area contributed by atoms with Crippen LogP contribution in [0.25, 0.3) is 0 Å². The minimum absolute atomic E-state index is 0.809. The fourth-order valence-corrected chi connectivity index (χ4v) is 1.82.